The highest BCUT2D eigenvalue weighted by Gasteiger charge is 2.41. The number of nitrogens with one attached hydrogen (secondary N) is 1. The number of Topliss-reactive ketones (excluding diaryl/α,β-unsaturated/α-hetero) is 1. The van der Waals surface area contributed by atoms with E-state index in [1.165, 1.54) is 23.9 Å². The first-order valence-corrected chi connectivity index (χ1v) is 9.40. The molecule has 1 aromatic heterocycles. The highest BCUT2D eigenvalue weighted by Crippen LogP contribution is 2.45. The molecule has 0 saturated carbocycles. The van der Waals surface area contributed by atoms with Gasteiger partial charge in [0.1, 0.15) is 11.9 Å². The summed E-state index contributed by atoms with van der Waals surface area (Å²) in [4.78, 5) is 17.4. The van der Waals surface area contributed by atoms with Crippen molar-refractivity contribution in [1.82, 2.24) is 14.8 Å². The van der Waals surface area contributed by atoms with Gasteiger partial charge in [0.05, 0.1) is 0 Å². The minimum absolute atomic E-state index is 0.0832. The van der Waals surface area contributed by atoms with Gasteiger partial charge in [-0.1, -0.05) is 37.7 Å². The van der Waals surface area contributed by atoms with Crippen LogP contribution in [-0.4, -0.2) is 26.8 Å². The molecule has 0 amide bonds. The van der Waals surface area contributed by atoms with Crippen molar-refractivity contribution >= 4 is 23.5 Å². The van der Waals surface area contributed by atoms with Gasteiger partial charge in [-0.2, -0.15) is 4.98 Å². The number of thioether (sulfide) groups is 1. The van der Waals surface area contributed by atoms with E-state index in [-0.39, 0.29) is 17.0 Å². The summed E-state index contributed by atoms with van der Waals surface area (Å²) in [6.07, 6.45) is 3.13. The summed E-state index contributed by atoms with van der Waals surface area (Å²) in [7, 11) is 0. The van der Waals surface area contributed by atoms with Crippen LogP contribution in [0.25, 0.3) is 0 Å². The zero-order valence-electron chi connectivity index (χ0n) is 14.3. The molecule has 1 aliphatic heterocycles. The summed E-state index contributed by atoms with van der Waals surface area (Å²) in [6.45, 7) is 4.17. The second-order valence-electron chi connectivity index (χ2n) is 7.28. The van der Waals surface area contributed by atoms with E-state index in [0.717, 1.165) is 12.1 Å². The summed E-state index contributed by atoms with van der Waals surface area (Å²) in [5.41, 5.74) is 2.15. The van der Waals surface area contributed by atoms with Gasteiger partial charge in [0.2, 0.25) is 11.1 Å². The monoisotopic (exact) mass is 358 g/mol. The fraction of sp³-hybridized carbons (Fsp3) is 0.389. The Kier molecular flexibility index (Phi) is 3.72. The van der Waals surface area contributed by atoms with Crippen LogP contribution in [0.3, 0.4) is 0 Å². The number of rotatable bonds is 2. The number of ketones is 1. The van der Waals surface area contributed by atoms with E-state index in [1.807, 2.05) is 12.3 Å². The van der Waals surface area contributed by atoms with Crippen LogP contribution in [0, 0.1) is 11.2 Å². The fourth-order valence-corrected chi connectivity index (χ4v) is 4.01. The number of hydrogen-bond donors (Lipinski definition) is 1. The number of halogens is 1. The molecule has 4 rings (SSSR count). The Morgan fingerprint density at radius 3 is 2.88 bits per heavy atom. The van der Waals surface area contributed by atoms with Gasteiger partial charge in [-0.15, -0.1) is 5.10 Å². The van der Waals surface area contributed by atoms with Gasteiger partial charge in [-0.05, 0) is 35.8 Å². The molecule has 2 heterocycles. The molecule has 1 aliphatic carbocycles. The Morgan fingerprint density at radius 2 is 2.16 bits per heavy atom. The van der Waals surface area contributed by atoms with Crippen LogP contribution in [0.2, 0.25) is 0 Å². The molecule has 7 heteroatoms. The van der Waals surface area contributed by atoms with E-state index in [4.69, 9.17) is 0 Å². The number of anilines is 1. The number of aromatic nitrogens is 3. The number of hydrogen-bond acceptors (Lipinski definition) is 5. The van der Waals surface area contributed by atoms with E-state index in [0.29, 0.717) is 28.7 Å². The molecular formula is C18H19FN4OS. The van der Waals surface area contributed by atoms with Gasteiger partial charge < -0.3 is 5.32 Å². The first-order valence-electron chi connectivity index (χ1n) is 8.17. The highest BCUT2D eigenvalue weighted by atomic mass is 32.2. The molecule has 0 bridgehead atoms. The van der Waals surface area contributed by atoms with Crippen LogP contribution in [-0.2, 0) is 4.79 Å². The summed E-state index contributed by atoms with van der Waals surface area (Å²) < 4.78 is 15.6. The second kappa shape index (κ2) is 5.69. The van der Waals surface area contributed by atoms with Crippen LogP contribution in [0.15, 0.2) is 40.7 Å². The molecule has 1 atom stereocenters. The average Bonchev–Trinajstić information content (AvgIpc) is 2.94. The first-order chi connectivity index (χ1) is 11.9. The molecule has 1 N–H and O–H groups in total. The van der Waals surface area contributed by atoms with Crippen LogP contribution in [0.5, 0.6) is 0 Å². The zero-order chi connectivity index (χ0) is 17.8. The van der Waals surface area contributed by atoms with Crippen LogP contribution in [0.4, 0.5) is 10.3 Å². The minimum atomic E-state index is -0.445. The Bertz CT molecular complexity index is 902. The lowest BCUT2D eigenvalue weighted by Gasteiger charge is -2.38. The molecule has 0 unspecified atom stereocenters. The smallest absolute Gasteiger partial charge is 0.227 e. The predicted octanol–water partition coefficient (Wildman–Crippen LogP) is 3.80. The predicted molar refractivity (Wildman–Crippen MR) is 95.0 cm³/mol. The van der Waals surface area contributed by atoms with E-state index >= 15 is 0 Å². The molecule has 5 nitrogen and oxygen atoms in total. The number of carbonyl (C=O) groups excluding carboxylic acids is 1. The van der Waals surface area contributed by atoms with Gasteiger partial charge in [0.25, 0.3) is 0 Å². The highest BCUT2D eigenvalue weighted by molar-refractivity contribution is 7.98. The topological polar surface area (TPSA) is 59.8 Å². The lowest BCUT2D eigenvalue weighted by Crippen LogP contribution is -2.36. The Hall–Kier alpha value is -2.15. The number of nitrogens with zero attached hydrogens (tertiary/aromatic N) is 3. The average molecular weight is 358 g/mol. The molecule has 0 saturated heterocycles. The first kappa shape index (κ1) is 16.3. The van der Waals surface area contributed by atoms with Crippen molar-refractivity contribution in [2.24, 2.45) is 5.41 Å². The van der Waals surface area contributed by atoms with Gasteiger partial charge in [0.15, 0.2) is 5.78 Å². The van der Waals surface area contributed by atoms with Crippen LogP contribution < -0.4 is 5.32 Å². The van der Waals surface area contributed by atoms with Crippen molar-refractivity contribution < 1.29 is 9.18 Å². The van der Waals surface area contributed by atoms with E-state index < -0.39 is 6.04 Å². The maximum atomic E-state index is 13.8. The zero-order valence-corrected chi connectivity index (χ0v) is 15.2. The molecule has 0 fully saturated rings. The van der Waals surface area contributed by atoms with Crippen molar-refractivity contribution in [3.05, 3.63) is 46.9 Å². The standard InChI is InChI=1S/C18H19FN4OS/c1-18(2)8-12-14(13(24)9-18)15(10-5-4-6-11(19)7-10)23-16(20-12)21-17(22-23)25-3/h4-7,15H,8-9H2,1-3H3,(H,20,21,22)/t15-/m0/s1. The molecular weight excluding hydrogens is 339 g/mol. The van der Waals surface area contributed by atoms with E-state index in [1.54, 1.807) is 10.7 Å². The molecule has 2 aromatic rings. The molecule has 25 heavy (non-hydrogen) atoms. The number of carbonyl (C=O) groups is 1. The van der Waals surface area contributed by atoms with Crippen molar-refractivity contribution in [3.8, 4) is 0 Å². The van der Waals surface area contributed by atoms with E-state index in [9.17, 15) is 9.18 Å². The van der Waals surface area contributed by atoms with Gasteiger partial charge >= 0.3 is 0 Å². The third-order valence-corrected chi connectivity index (χ3v) is 5.20. The maximum Gasteiger partial charge on any atom is 0.227 e. The van der Waals surface area contributed by atoms with Crippen LogP contribution in [0.1, 0.15) is 38.3 Å². The van der Waals surface area contributed by atoms with Crippen molar-refractivity contribution in [2.75, 3.05) is 11.6 Å². The summed E-state index contributed by atoms with van der Waals surface area (Å²) in [5.74, 6) is 0.358. The third kappa shape index (κ3) is 2.76. The summed E-state index contributed by atoms with van der Waals surface area (Å²) in [6, 6.07) is 5.93. The lowest BCUT2D eigenvalue weighted by atomic mass is 9.73. The van der Waals surface area contributed by atoms with E-state index in [2.05, 4.69) is 29.2 Å². The lowest BCUT2D eigenvalue weighted by molar-refractivity contribution is -0.118. The minimum Gasteiger partial charge on any atom is -0.328 e. The maximum absolute atomic E-state index is 13.8. The SMILES string of the molecule is CSc1nc2n(n1)[C@@H](c1cccc(F)c1)C1=C(CC(C)(C)CC1=O)N2. The summed E-state index contributed by atoms with van der Waals surface area (Å²) >= 11 is 1.44. The number of fused-ring (bicyclic) bond motifs is 1. The molecule has 0 radical (unpaired) electrons. The van der Waals surface area contributed by atoms with Crippen LogP contribution >= 0.6 is 11.8 Å². The quantitative estimate of drug-likeness (QED) is 0.828. The van der Waals surface area contributed by atoms with Gasteiger partial charge in [-0.25, -0.2) is 9.07 Å². The largest absolute Gasteiger partial charge is 0.328 e. The third-order valence-electron chi connectivity index (χ3n) is 4.66. The second-order valence-corrected chi connectivity index (χ2v) is 8.06. The molecule has 1 aromatic carbocycles. The number of benzene rings is 1. The van der Waals surface area contributed by atoms with Gasteiger partial charge in [0, 0.05) is 17.7 Å². The molecule has 130 valence electrons. The van der Waals surface area contributed by atoms with Crippen molar-refractivity contribution in [3.63, 3.8) is 0 Å². The molecule has 0 spiro atoms. The Morgan fingerprint density at radius 1 is 1.36 bits per heavy atom. The normalized spacial score (nSPS) is 21.6. The molecule has 2 aliphatic rings. The van der Waals surface area contributed by atoms with Gasteiger partial charge in [-0.3, -0.25) is 4.79 Å². The van der Waals surface area contributed by atoms with Crippen molar-refractivity contribution in [1.29, 1.82) is 0 Å². The number of allylic oxidation sites excluding steroid dienone is 2. The Labute approximate surface area is 149 Å². The van der Waals surface area contributed by atoms with Crippen molar-refractivity contribution in [2.45, 2.75) is 37.9 Å². The Balaban J connectivity index is 1.92. The summed E-state index contributed by atoms with van der Waals surface area (Å²) in [5, 5.41) is 8.43. The fourth-order valence-electron chi connectivity index (χ4n) is 3.66.